The van der Waals surface area contributed by atoms with Gasteiger partial charge in [0, 0.05) is 34.6 Å². The monoisotopic (exact) mass is 637 g/mol. The molecule has 2 aromatic carbocycles. The van der Waals surface area contributed by atoms with Crippen LogP contribution in [0.2, 0.25) is 0 Å². The van der Waals surface area contributed by atoms with Gasteiger partial charge in [0.15, 0.2) is 6.23 Å². The number of fused-ring (bicyclic) bond motifs is 2. The highest BCUT2D eigenvalue weighted by Gasteiger charge is 2.44. The molecule has 1 saturated heterocycles. The summed E-state index contributed by atoms with van der Waals surface area (Å²) in [5, 5.41) is 23.2. The minimum absolute atomic E-state index is 0.0315. The largest absolute Gasteiger partial charge is 0.487 e. The Morgan fingerprint density at radius 3 is 2.61 bits per heavy atom. The first kappa shape index (κ1) is 30.9. The van der Waals surface area contributed by atoms with Crippen molar-refractivity contribution in [2.45, 2.75) is 50.4 Å². The van der Waals surface area contributed by atoms with Gasteiger partial charge in [-0.05, 0) is 36.6 Å². The molecule has 1 amide bonds. The standard InChI is InChI=1S/C31H28FN3O11/c32-17-4-6-20-19(11-17)25(29(41)33-20)28-18-5-3-15(10-16(18)13-45-28)2-1-9-43-23(37)12-24(38)44-14-21-26(39)27(40)30(46-21)35-8-7-22(36)34-31(35)42/h3-8,10-11,21,26-27,30,39-40H,1-2,9,12-14H2,(H,33,41)(H,34,36,42)/t21-,26?,27?,30-/m0/s1. The molecule has 4 N–H and O–H groups in total. The number of carbonyl (C=O) groups is 3. The second kappa shape index (κ2) is 12.7. The molecule has 6 rings (SSSR count). The maximum Gasteiger partial charge on any atom is 0.330 e. The molecule has 3 aliphatic heterocycles. The van der Waals surface area contributed by atoms with Gasteiger partial charge in [-0.25, -0.2) is 9.18 Å². The third-order valence-corrected chi connectivity index (χ3v) is 7.77. The number of aromatic amines is 1. The van der Waals surface area contributed by atoms with Crippen LogP contribution < -0.4 is 16.6 Å². The molecular formula is C31H28FN3O11. The second-order valence-corrected chi connectivity index (χ2v) is 10.9. The van der Waals surface area contributed by atoms with Crippen LogP contribution in [0.5, 0.6) is 0 Å². The van der Waals surface area contributed by atoms with E-state index in [1.165, 1.54) is 18.2 Å². The average Bonchev–Trinajstić information content (AvgIpc) is 3.66. The molecule has 240 valence electrons. The summed E-state index contributed by atoms with van der Waals surface area (Å²) in [5.41, 5.74) is 2.26. The summed E-state index contributed by atoms with van der Waals surface area (Å²) in [7, 11) is 0. The summed E-state index contributed by atoms with van der Waals surface area (Å²) in [5.74, 6) is -2.20. The lowest BCUT2D eigenvalue weighted by atomic mass is 9.98. The molecule has 0 bridgehead atoms. The summed E-state index contributed by atoms with van der Waals surface area (Å²) in [6.07, 6.45) is -4.18. The molecule has 15 heteroatoms. The number of halogens is 1. The Balaban J connectivity index is 0.953. The van der Waals surface area contributed by atoms with E-state index in [4.69, 9.17) is 18.9 Å². The van der Waals surface area contributed by atoms with Crippen LogP contribution in [-0.4, -0.2) is 69.1 Å². The van der Waals surface area contributed by atoms with Crippen molar-refractivity contribution >= 4 is 34.9 Å². The predicted molar refractivity (Wildman–Crippen MR) is 155 cm³/mol. The maximum absolute atomic E-state index is 13.9. The van der Waals surface area contributed by atoms with Gasteiger partial charge in [0.2, 0.25) is 0 Å². The normalized spacial score (nSPS) is 23.0. The van der Waals surface area contributed by atoms with E-state index in [0.717, 1.165) is 33.5 Å². The van der Waals surface area contributed by atoms with Crippen molar-refractivity contribution in [1.82, 2.24) is 9.55 Å². The molecule has 46 heavy (non-hydrogen) atoms. The molecule has 0 radical (unpaired) electrons. The highest BCUT2D eigenvalue weighted by Crippen LogP contribution is 2.42. The molecule has 1 aromatic heterocycles. The first-order valence-electron chi connectivity index (χ1n) is 14.3. The third kappa shape index (κ3) is 6.20. The zero-order valence-corrected chi connectivity index (χ0v) is 24.1. The molecule has 4 atom stereocenters. The van der Waals surface area contributed by atoms with Crippen LogP contribution in [0.15, 0.2) is 58.3 Å². The van der Waals surface area contributed by atoms with Gasteiger partial charge >= 0.3 is 17.6 Å². The van der Waals surface area contributed by atoms with E-state index in [2.05, 4.69) is 5.32 Å². The van der Waals surface area contributed by atoms with Crippen LogP contribution in [0.4, 0.5) is 10.1 Å². The van der Waals surface area contributed by atoms with Crippen molar-refractivity contribution < 1.29 is 47.9 Å². The Morgan fingerprint density at radius 2 is 1.80 bits per heavy atom. The van der Waals surface area contributed by atoms with E-state index in [9.17, 15) is 38.6 Å². The lowest BCUT2D eigenvalue weighted by molar-refractivity contribution is -0.158. The van der Waals surface area contributed by atoms with Crippen LogP contribution in [0.1, 0.15) is 41.3 Å². The summed E-state index contributed by atoms with van der Waals surface area (Å²) in [6.45, 7) is -0.234. The molecule has 2 unspecified atom stereocenters. The van der Waals surface area contributed by atoms with Crippen LogP contribution in [0.25, 0.3) is 11.3 Å². The van der Waals surface area contributed by atoms with Gasteiger partial charge in [0.25, 0.3) is 11.5 Å². The number of esters is 2. The van der Waals surface area contributed by atoms with Crippen LogP contribution in [-0.2, 0) is 46.4 Å². The third-order valence-electron chi connectivity index (χ3n) is 7.77. The lowest BCUT2D eigenvalue weighted by Crippen LogP contribution is -2.37. The molecule has 1 fully saturated rings. The highest BCUT2D eigenvalue weighted by molar-refractivity contribution is 6.36. The molecule has 0 aliphatic carbocycles. The van der Waals surface area contributed by atoms with Crippen LogP contribution in [0.3, 0.4) is 0 Å². The average molecular weight is 638 g/mol. The summed E-state index contributed by atoms with van der Waals surface area (Å²) >= 11 is 0. The summed E-state index contributed by atoms with van der Waals surface area (Å²) in [4.78, 5) is 62.2. The summed E-state index contributed by atoms with van der Waals surface area (Å²) < 4.78 is 36.2. The second-order valence-electron chi connectivity index (χ2n) is 10.9. The number of aliphatic hydroxyl groups is 2. The van der Waals surface area contributed by atoms with E-state index in [-0.39, 0.29) is 24.7 Å². The number of nitrogens with zero attached hydrogens (tertiary/aromatic N) is 1. The fourth-order valence-electron chi connectivity index (χ4n) is 5.52. The minimum Gasteiger partial charge on any atom is -0.487 e. The van der Waals surface area contributed by atoms with E-state index in [1.807, 2.05) is 23.2 Å². The number of aromatic nitrogens is 2. The number of H-pyrrole nitrogens is 1. The van der Waals surface area contributed by atoms with Gasteiger partial charge < -0.3 is 34.5 Å². The first-order chi connectivity index (χ1) is 22.1. The smallest absolute Gasteiger partial charge is 0.330 e. The zero-order chi connectivity index (χ0) is 32.5. The Hall–Kier alpha value is -5.12. The molecule has 0 spiro atoms. The van der Waals surface area contributed by atoms with E-state index < -0.39 is 66.6 Å². The topological polar surface area (TPSA) is 195 Å². The van der Waals surface area contributed by atoms with Crippen LogP contribution in [0, 0.1) is 5.82 Å². The number of aryl methyl sites for hydroxylation is 1. The fraction of sp³-hybridized carbons (Fsp3) is 0.323. The number of nitrogens with one attached hydrogen (secondary N) is 2. The number of hydrogen-bond donors (Lipinski definition) is 4. The fourth-order valence-corrected chi connectivity index (χ4v) is 5.52. The molecule has 3 aliphatic rings. The van der Waals surface area contributed by atoms with Crippen molar-refractivity contribution in [2.24, 2.45) is 0 Å². The van der Waals surface area contributed by atoms with Crippen molar-refractivity contribution in [3.05, 3.63) is 97.6 Å². The van der Waals surface area contributed by atoms with Gasteiger partial charge in [-0.1, -0.05) is 18.2 Å². The first-order valence-corrected chi connectivity index (χ1v) is 14.3. The van der Waals surface area contributed by atoms with Gasteiger partial charge in [-0.15, -0.1) is 0 Å². The van der Waals surface area contributed by atoms with Gasteiger partial charge in [0.05, 0.1) is 12.2 Å². The van der Waals surface area contributed by atoms with Crippen molar-refractivity contribution in [3.8, 4) is 0 Å². The predicted octanol–water partition coefficient (Wildman–Crippen LogP) is 0.755. The lowest BCUT2D eigenvalue weighted by Gasteiger charge is -2.16. The Kier molecular flexibility index (Phi) is 8.53. The van der Waals surface area contributed by atoms with E-state index >= 15 is 0 Å². The number of benzene rings is 2. The number of hydrogen-bond acceptors (Lipinski definition) is 11. The molecule has 0 saturated carbocycles. The van der Waals surface area contributed by atoms with E-state index in [1.54, 1.807) is 0 Å². The van der Waals surface area contributed by atoms with Gasteiger partial charge in [-0.3, -0.25) is 28.7 Å². The Morgan fingerprint density at radius 1 is 1.00 bits per heavy atom. The molecule has 3 aromatic rings. The number of anilines is 1. The summed E-state index contributed by atoms with van der Waals surface area (Å²) in [6, 6.07) is 10.7. The molecule has 14 nitrogen and oxygen atoms in total. The highest BCUT2D eigenvalue weighted by atomic mass is 19.1. The van der Waals surface area contributed by atoms with Crippen LogP contribution >= 0.6 is 0 Å². The Bertz CT molecular complexity index is 1870. The number of carbonyl (C=O) groups excluding carboxylic acids is 3. The van der Waals surface area contributed by atoms with Crippen molar-refractivity contribution in [2.75, 3.05) is 18.5 Å². The minimum atomic E-state index is -1.55. The zero-order valence-electron chi connectivity index (χ0n) is 24.1. The maximum atomic E-state index is 13.9. The SMILES string of the molecule is O=C(CC(=O)OC[C@@H]1O[C@H](n2ccc(=O)[nH]c2=O)C(O)C1O)OCCCc1ccc2c(c1)COC2=C1C(=O)Nc2ccc(F)cc21. The number of aliphatic hydroxyl groups excluding tert-OH is 2. The van der Waals surface area contributed by atoms with E-state index in [0.29, 0.717) is 29.9 Å². The molecular weight excluding hydrogens is 609 g/mol. The number of ether oxygens (including phenoxy) is 4. The van der Waals surface area contributed by atoms with Gasteiger partial charge in [-0.2, -0.15) is 0 Å². The molecule has 4 heterocycles. The quantitative estimate of drug-likeness (QED) is 0.112. The van der Waals surface area contributed by atoms with Gasteiger partial charge in [0.1, 0.15) is 49.5 Å². The van der Waals surface area contributed by atoms with Crippen molar-refractivity contribution in [3.63, 3.8) is 0 Å². The number of amides is 1. The number of rotatable bonds is 9. The van der Waals surface area contributed by atoms with Crippen molar-refractivity contribution in [1.29, 1.82) is 0 Å². The Labute approximate surface area is 259 Å².